The van der Waals surface area contributed by atoms with Crippen LogP contribution < -0.4 is 5.32 Å². The van der Waals surface area contributed by atoms with E-state index in [1.54, 1.807) is 0 Å². The number of allylic oxidation sites excluding steroid dienone is 6. The first-order valence-electron chi connectivity index (χ1n) is 34.2. The second-order valence-electron chi connectivity index (χ2n) is 23.5. The van der Waals surface area contributed by atoms with Gasteiger partial charge in [0.15, 0.2) is 0 Å². The zero-order valence-corrected chi connectivity index (χ0v) is 51.3. The highest BCUT2D eigenvalue weighted by Crippen LogP contribution is 2.18. The molecule has 2 atom stereocenters. The summed E-state index contributed by atoms with van der Waals surface area (Å²) in [5.74, 6) is -0.0260. The van der Waals surface area contributed by atoms with Crippen LogP contribution in [0.25, 0.3) is 0 Å². The average Bonchev–Trinajstić information content (AvgIpc) is 3.42. The Morgan fingerprint density at radius 3 is 1.04 bits per heavy atom. The molecule has 0 spiro atoms. The maximum atomic E-state index is 12.5. The molecule has 0 saturated carbocycles. The maximum Gasteiger partial charge on any atom is 0.305 e. The second-order valence-corrected chi connectivity index (χ2v) is 23.5. The third kappa shape index (κ3) is 61.3. The van der Waals surface area contributed by atoms with Crippen LogP contribution in [0.15, 0.2) is 36.5 Å². The number of hydrogen-bond acceptors (Lipinski definition) is 5. The monoisotopic (exact) mass is 1070 g/mol. The molecule has 6 nitrogen and oxygen atoms in total. The fraction of sp³-hybridized carbons (Fsp3) is 0.886. The summed E-state index contributed by atoms with van der Waals surface area (Å²) < 4.78 is 5.50. The van der Waals surface area contributed by atoms with E-state index < -0.39 is 12.1 Å². The van der Waals surface area contributed by atoms with Gasteiger partial charge in [0.2, 0.25) is 5.91 Å². The van der Waals surface area contributed by atoms with Gasteiger partial charge in [-0.2, -0.15) is 0 Å². The molecule has 1 amide bonds. The molecular formula is C70H133NO5. The Labute approximate surface area is 474 Å². The first-order valence-corrected chi connectivity index (χ1v) is 34.2. The van der Waals surface area contributed by atoms with Gasteiger partial charge in [-0.1, -0.05) is 314 Å². The molecule has 0 bridgehead atoms. The van der Waals surface area contributed by atoms with E-state index in [9.17, 15) is 19.8 Å². The molecule has 0 aromatic heterocycles. The summed E-state index contributed by atoms with van der Waals surface area (Å²) in [6.07, 6.45) is 83.2. The number of aliphatic hydroxyl groups is 2. The van der Waals surface area contributed by atoms with Crippen molar-refractivity contribution in [2.75, 3.05) is 13.2 Å². The van der Waals surface area contributed by atoms with Gasteiger partial charge in [-0.25, -0.2) is 0 Å². The van der Waals surface area contributed by atoms with Crippen LogP contribution in [0.4, 0.5) is 0 Å². The standard InChI is InChI=1S/C70H133NO5/c1-3-5-7-9-11-13-15-17-19-31-36-40-44-48-52-56-60-64-70(75)76-65-61-57-53-49-45-41-37-33-30-28-26-24-22-20-21-23-25-27-29-32-35-39-43-47-51-55-59-63-69(74)71-67(66-72)68(73)62-58-54-50-46-42-38-34-18-16-14-12-10-8-6-4-2/h11,13,17,19-21,67-68,72-73H,3-10,12,14-16,18,22-66H2,1-2H3,(H,71,74)/b13-11-,19-17-,21-20-. The normalized spacial score (nSPS) is 12.7. The van der Waals surface area contributed by atoms with Gasteiger partial charge >= 0.3 is 5.97 Å². The first kappa shape index (κ1) is 74.1. The lowest BCUT2D eigenvalue weighted by molar-refractivity contribution is -0.143. The highest BCUT2D eigenvalue weighted by Gasteiger charge is 2.20. The van der Waals surface area contributed by atoms with Crippen LogP contribution in [0.1, 0.15) is 373 Å². The summed E-state index contributed by atoms with van der Waals surface area (Å²) in [4.78, 5) is 24.6. The van der Waals surface area contributed by atoms with E-state index in [1.165, 1.54) is 289 Å². The molecule has 0 rings (SSSR count). The van der Waals surface area contributed by atoms with Crippen molar-refractivity contribution in [3.05, 3.63) is 36.5 Å². The number of aliphatic hydroxyl groups excluding tert-OH is 2. The molecule has 0 aromatic rings. The fourth-order valence-electron chi connectivity index (χ4n) is 10.7. The van der Waals surface area contributed by atoms with Crippen LogP contribution in [-0.4, -0.2) is 47.4 Å². The lowest BCUT2D eigenvalue weighted by Crippen LogP contribution is -2.45. The largest absolute Gasteiger partial charge is 0.466 e. The predicted octanol–water partition coefficient (Wildman–Crippen LogP) is 21.9. The molecule has 0 aliphatic carbocycles. The Balaban J connectivity index is 3.37. The second kappa shape index (κ2) is 65.6. The van der Waals surface area contributed by atoms with Crippen molar-refractivity contribution in [1.82, 2.24) is 5.32 Å². The minimum Gasteiger partial charge on any atom is -0.466 e. The highest BCUT2D eigenvalue weighted by atomic mass is 16.5. The van der Waals surface area contributed by atoms with E-state index in [0.29, 0.717) is 25.9 Å². The molecule has 448 valence electrons. The average molecular weight is 1070 g/mol. The van der Waals surface area contributed by atoms with Crippen molar-refractivity contribution in [3.63, 3.8) is 0 Å². The quantitative estimate of drug-likeness (QED) is 0.0320. The van der Waals surface area contributed by atoms with Crippen molar-refractivity contribution >= 4 is 11.9 Å². The lowest BCUT2D eigenvalue weighted by Gasteiger charge is -2.22. The van der Waals surface area contributed by atoms with Gasteiger partial charge in [-0.15, -0.1) is 0 Å². The van der Waals surface area contributed by atoms with Crippen molar-refractivity contribution in [1.29, 1.82) is 0 Å². The van der Waals surface area contributed by atoms with Crippen LogP contribution in [0, 0.1) is 0 Å². The summed E-state index contributed by atoms with van der Waals surface area (Å²) in [5.41, 5.74) is 0. The van der Waals surface area contributed by atoms with E-state index in [0.717, 1.165) is 51.4 Å². The number of carbonyl (C=O) groups is 2. The molecule has 0 aliphatic rings. The third-order valence-electron chi connectivity index (χ3n) is 15.9. The number of hydrogen-bond donors (Lipinski definition) is 3. The van der Waals surface area contributed by atoms with E-state index in [2.05, 4.69) is 55.6 Å². The molecule has 76 heavy (non-hydrogen) atoms. The van der Waals surface area contributed by atoms with Gasteiger partial charge < -0.3 is 20.3 Å². The molecule has 3 N–H and O–H groups in total. The molecule has 2 unspecified atom stereocenters. The third-order valence-corrected chi connectivity index (χ3v) is 15.9. The number of amides is 1. The fourth-order valence-corrected chi connectivity index (χ4v) is 10.7. The van der Waals surface area contributed by atoms with Crippen LogP contribution in [-0.2, 0) is 14.3 Å². The van der Waals surface area contributed by atoms with Crippen molar-refractivity contribution in [2.45, 2.75) is 386 Å². The van der Waals surface area contributed by atoms with Gasteiger partial charge in [0.05, 0.1) is 25.4 Å². The molecule has 0 heterocycles. The molecule has 0 aromatic carbocycles. The van der Waals surface area contributed by atoms with Gasteiger partial charge in [0.1, 0.15) is 0 Å². The van der Waals surface area contributed by atoms with Crippen LogP contribution in [0.3, 0.4) is 0 Å². The van der Waals surface area contributed by atoms with Gasteiger partial charge in [-0.3, -0.25) is 9.59 Å². The smallest absolute Gasteiger partial charge is 0.305 e. The number of esters is 1. The Morgan fingerprint density at radius 2 is 0.658 bits per heavy atom. The van der Waals surface area contributed by atoms with Crippen molar-refractivity contribution in [2.24, 2.45) is 0 Å². The topological polar surface area (TPSA) is 95.9 Å². The summed E-state index contributed by atoms with van der Waals surface area (Å²) in [6, 6.07) is -0.542. The van der Waals surface area contributed by atoms with Gasteiger partial charge in [0, 0.05) is 12.8 Å². The molecule has 0 saturated heterocycles. The van der Waals surface area contributed by atoms with Crippen LogP contribution >= 0.6 is 0 Å². The SMILES string of the molecule is CCCCC/C=C\C/C=C\CCCCCCCCCC(=O)OCCCCCCCCCCCCCC/C=C\CCCCCCCCCCCCCC(=O)NC(CO)C(O)CCCCCCCCCCCCCCCCC. The molecule has 0 radical (unpaired) electrons. The minimum atomic E-state index is -0.665. The number of unbranched alkanes of at least 4 members (excludes halogenated alkanes) is 47. The summed E-state index contributed by atoms with van der Waals surface area (Å²) >= 11 is 0. The summed E-state index contributed by atoms with van der Waals surface area (Å²) in [7, 11) is 0. The number of ether oxygens (including phenoxy) is 1. The minimum absolute atomic E-state index is 0.00767. The van der Waals surface area contributed by atoms with Crippen LogP contribution in [0.2, 0.25) is 0 Å². The van der Waals surface area contributed by atoms with Crippen molar-refractivity contribution in [3.8, 4) is 0 Å². The van der Waals surface area contributed by atoms with Gasteiger partial charge in [0.25, 0.3) is 0 Å². The Bertz CT molecular complexity index is 1230. The number of carbonyl (C=O) groups excluding carboxylic acids is 2. The number of rotatable bonds is 64. The van der Waals surface area contributed by atoms with Gasteiger partial charge in [-0.05, 0) is 83.5 Å². The lowest BCUT2D eigenvalue weighted by atomic mass is 10.0. The zero-order chi connectivity index (χ0) is 55.0. The highest BCUT2D eigenvalue weighted by molar-refractivity contribution is 5.76. The van der Waals surface area contributed by atoms with E-state index in [4.69, 9.17) is 4.74 Å². The molecule has 6 heteroatoms. The Kier molecular flexibility index (Phi) is 63.9. The van der Waals surface area contributed by atoms with E-state index >= 15 is 0 Å². The maximum absolute atomic E-state index is 12.5. The summed E-state index contributed by atoms with van der Waals surface area (Å²) in [6.45, 7) is 4.95. The summed E-state index contributed by atoms with van der Waals surface area (Å²) in [5, 5.41) is 23.3. The molecule has 0 fully saturated rings. The first-order chi connectivity index (χ1) is 37.5. The predicted molar refractivity (Wildman–Crippen MR) is 333 cm³/mol. The van der Waals surface area contributed by atoms with Crippen LogP contribution in [0.5, 0.6) is 0 Å². The molecular weight excluding hydrogens is 935 g/mol. The number of nitrogens with one attached hydrogen (secondary N) is 1. The molecule has 0 aliphatic heterocycles. The van der Waals surface area contributed by atoms with E-state index in [1.807, 2.05) is 0 Å². The Morgan fingerprint density at radius 1 is 0.368 bits per heavy atom. The zero-order valence-electron chi connectivity index (χ0n) is 51.3. The van der Waals surface area contributed by atoms with Crippen molar-refractivity contribution < 1.29 is 24.5 Å². The van der Waals surface area contributed by atoms with E-state index in [-0.39, 0.29) is 18.5 Å². The Hall–Kier alpha value is -1.92.